The molecule has 0 unspecified atom stereocenters. The van der Waals surface area contributed by atoms with E-state index in [1.807, 2.05) is 24.3 Å². The van der Waals surface area contributed by atoms with Gasteiger partial charge in [-0.2, -0.15) is 0 Å². The van der Waals surface area contributed by atoms with E-state index in [1.165, 1.54) is 24.3 Å². The lowest BCUT2D eigenvalue weighted by atomic mass is 9.86. The number of hydrogen-bond donors (Lipinski definition) is 0. The number of hydrogen-bond acceptors (Lipinski definition) is 4. The van der Waals surface area contributed by atoms with Gasteiger partial charge < -0.3 is 9.15 Å². The Balaban J connectivity index is 1.75. The van der Waals surface area contributed by atoms with E-state index in [0.717, 1.165) is 5.56 Å². The number of ketones is 1. The van der Waals surface area contributed by atoms with Crippen LogP contribution in [0.3, 0.4) is 0 Å². The molecule has 0 spiro atoms. The minimum absolute atomic E-state index is 0.0241. The summed E-state index contributed by atoms with van der Waals surface area (Å²) in [7, 11) is 0. The summed E-state index contributed by atoms with van der Waals surface area (Å²) in [5.74, 6) is -0.561. The number of rotatable bonds is 5. The predicted molar refractivity (Wildman–Crippen MR) is 123 cm³/mol. The molecule has 4 nitrogen and oxygen atoms in total. The molecule has 4 rings (SSSR count). The third-order valence-corrected chi connectivity index (χ3v) is 5.28. The molecule has 0 aliphatic carbocycles. The summed E-state index contributed by atoms with van der Waals surface area (Å²) < 4.78 is 24.9. The summed E-state index contributed by atoms with van der Waals surface area (Å²) in [4.78, 5) is 25.7. The van der Waals surface area contributed by atoms with Crippen molar-refractivity contribution in [1.29, 1.82) is 0 Å². The van der Waals surface area contributed by atoms with Crippen LogP contribution in [-0.4, -0.2) is 12.4 Å². The molecule has 1 heterocycles. The van der Waals surface area contributed by atoms with Gasteiger partial charge in [-0.05, 0) is 47.4 Å². The quantitative estimate of drug-likeness (QED) is 0.356. The Kier molecular flexibility index (Phi) is 5.66. The second kappa shape index (κ2) is 8.42. The number of halogens is 1. The zero-order valence-corrected chi connectivity index (χ0v) is 18.1. The van der Waals surface area contributed by atoms with E-state index in [4.69, 9.17) is 9.15 Å². The van der Waals surface area contributed by atoms with Crippen LogP contribution in [0, 0.1) is 5.82 Å². The molecule has 0 saturated heterocycles. The summed E-state index contributed by atoms with van der Waals surface area (Å²) in [6.07, 6.45) is 0. The fourth-order valence-electron chi connectivity index (χ4n) is 3.42. The van der Waals surface area contributed by atoms with Gasteiger partial charge in [0, 0.05) is 11.1 Å². The molecule has 0 aliphatic rings. The highest BCUT2D eigenvalue weighted by molar-refractivity contribution is 5.97. The van der Waals surface area contributed by atoms with E-state index < -0.39 is 5.82 Å². The number of carbonyl (C=O) groups excluding carboxylic acids is 1. The van der Waals surface area contributed by atoms with Crippen LogP contribution in [0.5, 0.6) is 5.75 Å². The minimum Gasteiger partial charge on any atom is -0.478 e. The van der Waals surface area contributed by atoms with Crippen molar-refractivity contribution in [3.63, 3.8) is 0 Å². The third kappa shape index (κ3) is 4.33. The highest BCUT2D eigenvalue weighted by Crippen LogP contribution is 2.32. The van der Waals surface area contributed by atoms with Crippen molar-refractivity contribution >= 4 is 16.8 Å². The summed E-state index contributed by atoms with van der Waals surface area (Å²) in [5.41, 5.74) is 2.17. The van der Waals surface area contributed by atoms with Crippen LogP contribution in [0.4, 0.5) is 4.39 Å². The molecule has 0 radical (unpaired) electrons. The monoisotopic (exact) mass is 430 g/mol. The maximum atomic E-state index is 13.2. The van der Waals surface area contributed by atoms with Gasteiger partial charge in [0.05, 0.1) is 5.39 Å². The number of ether oxygens (including phenoxy) is 1. The Hall–Kier alpha value is -3.73. The van der Waals surface area contributed by atoms with Gasteiger partial charge in [0.2, 0.25) is 11.2 Å². The SMILES string of the molecule is CC(C)(C)c1ccc(-c2oc3ccccc3c(=O)c2OCC(=O)c2ccc(F)cc2)cc1. The maximum absolute atomic E-state index is 13.2. The maximum Gasteiger partial charge on any atom is 0.235 e. The lowest BCUT2D eigenvalue weighted by molar-refractivity contribution is 0.0920. The number of para-hydroxylation sites is 1. The van der Waals surface area contributed by atoms with Crippen molar-refractivity contribution < 1.29 is 18.3 Å². The summed E-state index contributed by atoms with van der Waals surface area (Å²) >= 11 is 0. The molecule has 0 aliphatic heterocycles. The summed E-state index contributed by atoms with van der Waals surface area (Å²) in [5, 5.41) is 0.367. The van der Waals surface area contributed by atoms with E-state index in [2.05, 4.69) is 20.8 Å². The van der Waals surface area contributed by atoms with Crippen molar-refractivity contribution in [3.05, 3.63) is 100.0 Å². The Morgan fingerprint density at radius 1 is 0.938 bits per heavy atom. The third-order valence-electron chi connectivity index (χ3n) is 5.28. The second-order valence-corrected chi connectivity index (χ2v) is 8.63. The molecule has 0 bridgehead atoms. The number of fused-ring (bicyclic) bond motifs is 1. The first kappa shape index (κ1) is 21.5. The number of carbonyl (C=O) groups is 1. The van der Waals surface area contributed by atoms with Crippen LogP contribution < -0.4 is 10.2 Å². The van der Waals surface area contributed by atoms with Gasteiger partial charge in [0.25, 0.3) is 0 Å². The van der Waals surface area contributed by atoms with Crippen molar-refractivity contribution in [1.82, 2.24) is 0 Å². The molecule has 0 fully saturated rings. The zero-order chi connectivity index (χ0) is 22.9. The van der Waals surface area contributed by atoms with Crippen LogP contribution in [0.1, 0.15) is 36.7 Å². The smallest absolute Gasteiger partial charge is 0.235 e. The number of Topliss-reactive ketones (excluding diaryl/α,β-unsaturated/α-hetero) is 1. The standard InChI is InChI=1S/C27H23FO4/c1-27(2,3)19-12-8-18(9-13-19)25-26(24(30)21-6-4-5-7-23(21)32-25)31-16-22(29)17-10-14-20(28)15-11-17/h4-15H,16H2,1-3H3. The van der Waals surface area contributed by atoms with Gasteiger partial charge in [0.1, 0.15) is 11.4 Å². The first-order valence-corrected chi connectivity index (χ1v) is 10.3. The van der Waals surface area contributed by atoms with Crippen molar-refractivity contribution in [2.45, 2.75) is 26.2 Å². The molecular formula is C27H23FO4. The van der Waals surface area contributed by atoms with E-state index in [-0.39, 0.29) is 34.7 Å². The van der Waals surface area contributed by atoms with E-state index >= 15 is 0 Å². The Labute approximate surface area is 185 Å². The molecular weight excluding hydrogens is 407 g/mol. The molecule has 0 atom stereocenters. The average Bonchev–Trinajstić information content (AvgIpc) is 2.78. The van der Waals surface area contributed by atoms with Crippen LogP contribution in [-0.2, 0) is 5.41 Å². The van der Waals surface area contributed by atoms with E-state index in [9.17, 15) is 14.0 Å². The van der Waals surface area contributed by atoms with Crippen LogP contribution in [0.25, 0.3) is 22.3 Å². The average molecular weight is 430 g/mol. The number of benzene rings is 3. The molecule has 0 N–H and O–H groups in total. The Morgan fingerprint density at radius 2 is 1.59 bits per heavy atom. The first-order valence-electron chi connectivity index (χ1n) is 10.3. The molecule has 5 heteroatoms. The van der Waals surface area contributed by atoms with Crippen molar-refractivity contribution in [2.75, 3.05) is 6.61 Å². The topological polar surface area (TPSA) is 56.5 Å². The van der Waals surface area contributed by atoms with E-state index in [1.54, 1.807) is 24.3 Å². The van der Waals surface area contributed by atoms with Gasteiger partial charge in [-0.3, -0.25) is 9.59 Å². The normalized spacial score (nSPS) is 11.5. The van der Waals surface area contributed by atoms with Gasteiger partial charge >= 0.3 is 0 Å². The second-order valence-electron chi connectivity index (χ2n) is 8.63. The fourth-order valence-corrected chi connectivity index (χ4v) is 3.42. The molecule has 162 valence electrons. The molecule has 1 aromatic heterocycles. The predicted octanol–water partition coefficient (Wildman–Crippen LogP) is 6.16. The van der Waals surface area contributed by atoms with Crippen molar-refractivity contribution in [2.24, 2.45) is 0 Å². The Bertz CT molecular complexity index is 1330. The fraction of sp³-hybridized carbons (Fsp3) is 0.185. The van der Waals surface area contributed by atoms with E-state index in [0.29, 0.717) is 22.1 Å². The van der Waals surface area contributed by atoms with Gasteiger partial charge in [-0.15, -0.1) is 0 Å². The highest BCUT2D eigenvalue weighted by atomic mass is 19.1. The molecule has 4 aromatic rings. The lowest BCUT2D eigenvalue weighted by Gasteiger charge is -2.19. The van der Waals surface area contributed by atoms with Gasteiger partial charge in [0.15, 0.2) is 18.2 Å². The highest BCUT2D eigenvalue weighted by Gasteiger charge is 2.20. The van der Waals surface area contributed by atoms with Crippen LogP contribution in [0.15, 0.2) is 82.0 Å². The molecule has 0 saturated carbocycles. The zero-order valence-electron chi connectivity index (χ0n) is 18.1. The molecule has 0 amide bonds. The van der Waals surface area contributed by atoms with Gasteiger partial charge in [-0.1, -0.05) is 57.2 Å². The Morgan fingerprint density at radius 3 is 2.25 bits per heavy atom. The largest absolute Gasteiger partial charge is 0.478 e. The summed E-state index contributed by atoms with van der Waals surface area (Å²) in [6.45, 7) is 5.98. The minimum atomic E-state index is -0.432. The first-order chi connectivity index (χ1) is 15.2. The lowest BCUT2D eigenvalue weighted by Crippen LogP contribution is -2.17. The molecule has 3 aromatic carbocycles. The van der Waals surface area contributed by atoms with Crippen LogP contribution >= 0.6 is 0 Å². The molecule has 32 heavy (non-hydrogen) atoms. The van der Waals surface area contributed by atoms with Crippen LogP contribution in [0.2, 0.25) is 0 Å². The summed E-state index contributed by atoms with van der Waals surface area (Å²) in [6, 6.07) is 19.8. The van der Waals surface area contributed by atoms with Gasteiger partial charge in [-0.25, -0.2) is 4.39 Å². The van der Waals surface area contributed by atoms with Crippen molar-refractivity contribution in [3.8, 4) is 17.1 Å².